The van der Waals surface area contributed by atoms with Crippen LogP contribution in [0.5, 0.6) is 0 Å². The number of rotatable bonds is 5. The molecule has 5 nitrogen and oxygen atoms in total. The molecule has 1 aliphatic heterocycles. The van der Waals surface area contributed by atoms with Crippen LogP contribution >= 0.6 is 0 Å². The van der Waals surface area contributed by atoms with E-state index in [2.05, 4.69) is 17.0 Å². The number of carbonyl (C=O) groups is 2. The second kappa shape index (κ2) is 7.38. The van der Waals surface area contributed by atoms with Gasteiger partial charge in [-0.15, -0.1) is 0 Å². The monoisotopic (exact) mass is 337 g/mol. The number of nitrogens with two attached hydrogens (primary N) is 1. The van der Waals surface area contributed by atoms with Crippen molar-refractivity contribution in [2.45, 2.75) is 19.4 Å². The number of primary amides is 1. The summed E-state index contributed by atoms with van der Waals surface area (Å²) in [5.41, 5.74) is 8.45. The molecule has 5 heteroatoms. The van der Waals surface area contributed by atoms with Crippen LogP contribution in [-0.4, -0.2) is 36.9 Å². The van der Waals surface area contributed by atoms with Crippen molar-refractivity contribution in [3.8, 4) is 0 Å². The third-order valence-corrected chi connectivity index (χ3v) is 4.59. The molecule has 2 aromatic rings. The highest BCUT2D eigenvalue weighted by Gasteiger charge is 2.18. The first-order valence-corrected chi connectivity index (χ1v) is 8.54. The third-order valence-electron chi connectivity index (χ3n) is 4.59. The SMILES string of the molecule is CN(Cc1ccccc1N1CCCC1)C(=O)c1cccc(C(N)=O)c1. The maximum absolute atomic E-state index is 12.7. The van der Waals surface area contributed by atoms with Crippen molar-refractivity contribution in [1.29, 1.82) is 0 Å². The number of carbonyl (C=O) groups excluding carboxylic acids is 2. The van der Waals surface area contributed by atoms with E-state index in [9.17, 15) is 9.59 Å². The Morgan fingerprint density at radius 1 is 1.04 bits per heavy atom. The number of hydrogen-bond donors (Lipinski definition) is 1. The number of amides is 2. The van der Waals surface area contributed by atoms with Crippen LogP contribution in [0.25, 0.3) is 0 Å². The van der Waals surface area contributed by atoms with Gasteiger partial charge in [0, 0.05) is 43.5 Å². The van der Waals surface area contributed by atoms with Crippen molar-refractivity contribution < 1.29 is 9.59 Å². The van der Waals surface area contributed by atoms with Crippen molar-refractivity contribution >= 4 is 17.5 Å². The minimum atomic E-state index is -0.531. The van der Waals surface area contributed by atoms with E-state index in [1.165, 1.54) is 18.5 Å². The van der Waals surface area contributed by atoms with Gasteiger partial charge in [0.05, 0.1) is 0 Å². The molecule has 0 aliphatic carbocycles. The lowest BCUT2D eigenvalue weighted by atomic mass is 10.1. The lowest BCUT2D eigenvalue weighted by Crippen LogP contribution is -2.28. The highest BCUT2D eigenvalue weighted by Crippen LogP contribution is 2.25. The molecule has 0 atom stereocenters. The van der Waals surface area contributed by atoms with Crippen LogP contribution in [0.2, 0.25) is 0 Å². The Labute approximate surface area is 148 Å². The first kappa shape index (κ1) is 17.0. The summed E-state index contributed by atoms with van der Waals surface area (Å²) in [5.74, 6) is -0.656. The molecule has 0 saturated carbocycles. The Morgan fingerprint density at radius 3 is 2.44 bits per heavy atom. The number of anilines is 1. The zero-order chi connectivity index (χ0) is 17.8. The van der Waals surface area contributed by atoms with Crippen molar-refractivity contribution in [1.82, 2.24) is 4.90 Å². The van der Waals surface area contributed by atoms with Crippen LogP contribution in [0, 0.1) is 0 Å². The maximum atomic E-state index is 12.7. The van der Waals surface area contributed by atoms with E-state index >= 15 is 0 Å². The van der Waals surface area contributed by atoms with Crippen molar-refractivity contribution in [2.75, 3.05) is 25.0 Å². The molecule has 0 unspecified atom stereocenters. The molecule has 0 bridgehead atoms. The van der Waals surface area contributed by atoms with Gasteiger partial charge in [0.2, 0.25) is 5.91 Å². The van der Waals surface area contributed by atoms with Crippen LogP contribution in [-0.2, 0) is 6.54 Å². The average molecular weight is 337 g/mol. The van der Waals surface area contributed by atoms with Gasteiger partial charge in [0.1, 0.15) is 0 Å². The molecule has 0 radical (unpaired) electrons. The lowest BCUT2D eigenvalue weighted by molar-refractivity contribution is 0.0785. The molecule has 2 aromatic carbocycles. The third kappa shape index (κ3) is 3.82. The summed E-state index contributed by atoms with van der Waals surface area (Å²) >= 11 is 0. The molecule has 25 heavy (non-hydrogen) atoms. The number of hydrogen-bond acceptors (Lipinski definition) is 3. The van der Waals surface area contributed by atoms with Crippen molar-refractivity contribution in [3.63, 3.8) is 0 Å². The maximum Gasteiger partial charge on any atom is 0.253 e. The van der Waals surface area contributed by atoms with Gasteiger partial charge in [-0.3, -0.25) is 9.59 Å². The molecule has 1 aliphatic rings. The largest absolute Gasteiger partial charge is 0.371 e. The van der Waals surface area contributed by atoms with E-state index < -0.39 is 5.91 Å². The van der Waals surface area contributed by atoms with Crippen LogP contribution in [0.4, 0.5) is 5.69 Å². The Kier molecular flexibility index (Phi) is 5.03. The Hall–Kier alpha value is -2.82. The van der Waals surface area contributed by atoms with Crippen molar-refractivity contribution in [2.24, 2.45) is 5.73 Å². The van der Waals surface area contributed by atoms with Gasteiger partial charge in [-0.1, -0.05) is 24.3 Å². The molecule has 1 saturated heterocycles. The topological polar surface area (TPSA) is 66.6 Å². The number of para-hydroxylation sites is 1. The molecular formula is C20H23N3O2. The van der Waals surface area contributed by atoms with E-state index in [4.69, 9.17) is 5.73 Å². The summed E-state index contributed by atoms with van der Waals surface area (Å²) < 4.78 is 0. The molecule has 0 aromatic heterocycles. The predicted octanol–water partition coefficient (Wildman–Crippen LogP) is 2.66. The highest BCUT2D eigenvalue weighted by atomic mass is 16.2. The predicted molar refractivity (Wildman–Crippen MR) is 98.6 cm³/mol. The van der Waals surface area contributed by atoms with Crippen molar-refractivity contribution in [3.05, 3.63) is 65.2 Å². The normalized spacial score (nSPS) is 13.7. The van der Waals surface area contributed by atoms with Gasteiger partial charge in [-0.2, -0.15) is 0 Å². The smallest absolute Gasteiger partial charge is 0.253 e. The summed E-state index contributed by atoms with van der Waals surface area (Å²) in [6.45, 7) is 2.65. The second-order valence-electron chi connectivity index (χ2n) is 6.43. The molecule has 130 valence electrons. The molecule has 3 rings (SSSR count). The van der Waals surface area contributed by atoms with Gasteiger partial charge >= 0.3 is 0 Å². The van der Waals surface area contributed by atoms with Crippen LogP contribution in [0.3, 0.4) is 0 Å². The molecular weight excluding hydrogens is 314 g/mol. The summed E-state index contributed by atoms with van der Waals surface area (Å²) in [4.78, 5) is 28.1. The van der Waals surface area contributed by atoms with Gasteiger partial charge in [-0.05, 0) is 42.7 Å². The first-order valence-electron chi connectivity index (χ1n) is 8.54. The van der Waals surface area contributed by atoms with Crippen LogP contribution in [0.1, 0.15) is 39.1 Å². The second-order valence-corrected chi connectivity index (χ2v) is 6.43. The first-order chi connectivity index (χ1) is 12.1. The quantitative estimate of drug-likeness (QED) is 0.912. The Balaban J connectivity index is 1.78. The fourth-order valence-corrected chi connectivity index (χ4v) is 3.26. The van der Waals surface area contributed by atoms with Crippen LogP contribution in [0.15, 0.2) is 48.5 Å². The fraction of sp³-hybridized carbons (Fsp3) is 0.300. The highest BCUT2D eigenvalue weighted by molar-refractivity contribution is 5.99. The molecule has 1 heterocycles. The van der Waals surface area contributed by atoms with E-state index in [1.54, 1.807) is 36.2 Å². The standard InChI is InChI=1S/C20H23N3O2/c1-22(20(25)16-9-6-8-15(13-16)19(21)24)14-17-7-2-3-10-18(17)23-11-4-5-12-23/h2-3,6-10,13H,4-5,11-12,14H2,1H3,(H2,21,24). The van der Waals surface area contributed by atoms with E-state index in [1.807, 2.05) is 12.1 Å². The van der Waals surface area contributed by atoms with Gasteiger partial charge in [0.25, 0.3) is 5.91 Å². The van der Waals surface area contributed by atoms with E-state index in [-0.39, 0.29) is 5.91 Å². The summed E-state index contributed by atoms with van der Waals surface area (Å²) in [6.07, 6.45) is 2.42. The minimum Gasteiger partial charge on any atom is -0.371 e. The fourth-order valence-electron chi connectivity index (χ4n) is 3.26. The summed E-state index contributed by atoms with van der Waals surface area (Å²) in [7, 11) is 1.78. The molecule has 1 fully saturated rings. The van der Waals surface area contributed by atoms with E-state index in [0.717, 1.165) is 18.7 Å². The number of nitrogens with zero attached hydrogens (tertiary/aromatic N) is 2. The zero-order valence-corrected chi connectivity index (χ0v) is 14.4. The molecule has 2 amide bonds. The number of benzene rings is 2. The average Bonchev–Trinajstić information content (AvgIpc) is 3.16. The molecule has 2 N–H and O–H groups in total. The summed E-state index contributed by atoms with van der Waals surface area (Å²) in [6, 6.07) is 14.8. The van der Waals surface area contributed by atoms with E-state index in [0.29, 0.717) is 17.7 Å². The van der Waals surface area contributed by atoms with Gasteiger partial charge < -0.3 is 15.5 Å². The molecule has 0 spiro atoms. The lowest BCUT2D eigenvalue weighted by Gasteiger charge is -2.24. The Bertz CT molecular complexity index is 782. The zero-order valence-electron chi connectivity index (χ0n) is 14.4. The van der Waals surface area contributed by atoms with Gasteiger partial charge in [0.15, 0.2) is 0 Å². The summed E-state index contributed by atoms with van der Waals surface area (Å²) in [5, 5.41) is 0. The van der Waals surface area contributed by atoms with Gasteiger partial charge in [-0.25, -0.2) is 0 Å². The minimum absolute atomic E-state index is 0.126. The van der Waals surface area contributed by atoms with Crippen LogP contribution < -0.4 is 10.6 Å². The Morgan fingerprint density at radius 2 is 1.72 bits per heavy atom.